The molecule has 0 aliphatic rings. The van der Waals surface area contributed by atoms with E-state index in [0.717, 1.165) is 42.9 Å². The van der Waals surface area contributed by atoms with Crippen LogP contribution < -0.4 is 21.0 Å². The van der Waals surface area contributed by atoms with E-state index in [4.69, 9.17) is 4.43 Å². The molecule has 3 nitrogen and oxygen atoms in total. The number of Topliss-reactive ketones (excluding diaryl/α,β-unsaturated/α-hetero) is 1. The first-order valence-corrected chi connectivity index (χ1v) is 20.9. The van der Waals surface area contributed by atoms with Gasteiger partial charge in [-0.3, -0.25) is 4.79 Å². The smallest absolute Gasteiger partial charge is 0.261 e. The zero-order valence-electron chi connectivity index (χ0n) is 28.4. The Kier molecular flexibility index (Phi) is 13.4. The average molecular weight is 653 g/mol. The first-order chi connectivity index (χ1) is 22.2. The molecule has 0 aromatic heterocycles. The van der Waals surface area contributed by atoms with E-state index in [1.807, 2.05) is 60.7 Å². The van der Waals surface area contributed by atoms with Gasteiger partial charge in [-0.15, -0.1) is 0 Å². The van der Waals surface area contributed by atoms with Gasteiger partial charge in [0.1, 0.15) is 5.78 Å². The lowest BCUT2D eigenvalue weighted by Gasteiger charge is -2.43. The minimum Gasteiger partial charge on any atom is -0.407 e. The van der Waals surface area contributed by atoms with Crippen molar-refractivity contribution in [1.82, 2.24) is 0 Å². The van der Waals surface area contributed by atoms with Crippen molar-refractivity contribution in [3.63, 3.8) is 0 Å². The van der Waals surface area contributed by atoms with Crippen LogP contribution in [0.3, 0.4) is 0 Å². The van der Waals surface area contributed by atoms with Gasteiger partial charge in [-0.2, -0.15) is 0 Å². The summed E-state index contributed by atoms with van der Waals surface area (Å²) in [5, 5.41) is 4.24. The van der Waals surface area contributed by atoms with Crippen LogP contribution in [0, 0.1) is 0 Å². The minimum atomic E-state index is -3.09. The van der Waals surface area contributed by atoms with E-state index in [1.165, 1.54) is 36.1 Å². The molecule has 0 fully saturated rings. The fourth-order valence-electron chi connectivity index (χ4n) is 6.94. The normalized spacial score (nSPS) is 13.0. The van der Waals surface area contributed by atoms with E-state index in [-0.39, 0.29) is 10.8 Å². The molecule has 0 bridgehead atoms. The topological polar surface area (TPSA) is 43.4 Å². The maximum atomic E-state index is 14.7. The first kappa shape index (κ1) is 35.8. The highest BCUT2D eigenvalue weighted by Gasteiger charge is 2.50. The molecule has 0 N–H and O–H groups in total. The van der Waals surface area contributed by atoms with Crippen LogP contribution in [0.1, 0.15) is 85.5 Å². The zero-order chi connectivity index (χ0) is 32.9. The molecule has 1 unspecified atom stereocenters. The largest absolute Gasteiger partial charge is 0.407 e. The molecule has 0 spiro atoms. The molecule has 4 rings (SSSR count). The molecule has 244 valence electrons. The summed E-state index contributed by atoms with van der Waals surface area (Å²) in [4.78, 5) is 12.9. The summed E-state index contributed by atoms with van der Waals surface area (Å²) in [5.41, 5.74) is -0.479. The lowest BCUT2D eigenvalue weighted by atomic mass is 10.1. The van der Waals surface area contributed by atoms with Crippen molar-refractivity contribution < 1.29 is 13.8 Å². The number of carbonyl (C=O) groups excluding carboxylic acids is 1. The molecule has 4 aromatic carbocycles. The number of ketones is 1. The Labute approximate surface area is 279 Å². The van der Waals surface area contributed by atoms with Gasteiger partial charge < -0.3 is 8.99 Å². The van der Waals surface area contributed by atoms with Gasteiger partial charge in [0, 0.05) is 17.2 Å². The molecule has 4 aromatic rings. The molecule has 0 amide bonds. The summed E-state index contributed by atoms with van der Waals surface area (Å²) in [6.45, 7) is 9.39. The predicted molar refractivity (Wildman–Crippen MR) is 199 cm³/mol. The Morgan fingerprint density at radius 1 is 0.609 bits per heavy atom. The second kappa shape index (κ2) is 17.2. The van der Waals surface area contributed by atoms with Crippen LogP contribution in [-0.2, 0) is 13.8 Å². The molecule has 0 heterocycles. The molecule has 0 saturated heterocycles. The molecule has 46 heavy (non-hydrogen) atoms. The van der Waals surface area contributed by atoms with Crippen LogP contribution in [-0.4, -0.2) is 26.4 Å². The Bertz CT molecular complexity index is 1420. The van der Waals surface area contributed by atoms with Crippen molar-refractivity contribution in [1.29, 1.82) is 0 Å². The summed E-state index contributed by atoms with van der Waals surface area (Å²) in [7, 11) is -5.55. The van der Waals surface area contributed by atoms with Crippen molar-refractivity contribution in [2.75, 3.05) is 6.61 Å². The number of hydrogen-bond donors (Lipinski definition) is 0. The molecular formula is C41H53O3PSi. The van der Waals surface area contributed by atoms with E-state index in [2.05, 4.69) is 81.4 Å². The lowest BCUT2D eigenvalue weighted by molar-refractivity contribution is -0.116. The van der Waals surface area contributed by atoms with Gasteiger partial charge in [0.2, 0.25) is 0 Å². The predicted octanol–water partition coefficient (Wildman–Crippen LogP) is 9.05. The number of benzene rings is 4. The highest BCUT2D eigenvalue weighted by Crippen LogP contribution is 2.51. The van der Waals surface area contributed by atoms with Gasteiger partial charge in [-0.25, -0.2) is 0 Å². The summed E-state index contributed by atoms with van der Waals surface area (Å²) in [5.74, 6) is 0.0244. The molecule has 1 atom stereocenters. The third-order valence-electron chi connectivity index (χ3n) is 9.30. The fourth-order valence-corrected chi connectivity index (χ4v) is 14.8. The fraction of sp³-hybridized carbons (Fsp3) is 0.390. The van der Waals surface area contributed by atoms with Crippen molar-refractivity contribution in [3.05, 3.63) is 121 Å². The Balaban J connectivity index is 1.24. The van der Waals surface area contributed by atoms with Crippen molar-refractivity contribution in [2.45, 2.75) is 96.2 Å². The Morgan fingerprint density at radius 3 is 1.37 bits per heavy atom. The summed E-state index contributed by atoms with van der Waals surface area (Å²) in [6, 6.07) is 41.0. The molecule has 0 aliphatic carbocycles. The monoisotopic (exact) mass is 652 g/mol. The Hall–Kier alpha value is -3.04. The molecule has 0 aliphatic heterocycles. The van der Waals surface area contributed by atoms with E-state index in [0.29, 0.717) is 6.42 Å². The van der Waals surface area contributed by atoms with Gasteiger partial charge >= 0.3 is 0 Å². The molecule has 0 radical (unpaired) electrons. The van der Waals surface area contributed by atoms with Gasteiger partial charge in [0.05, 0.1) is 5.66 Å². The van der Waals surface area contributed by atoms with E-state index in [9.17, 15) is 9.36 Å². The van der Waals surface area contributed by atoms with Crippen molar-refractivity contribution in [3.8, 4) is 0 Å². The van der Waals surface area contributed by atoms with Gasteiger partial charge in [-0.05, 0) is 35.2 Å². The van der Waals surface area contributed by atoms with Crippen LogP contribution in [0.4, 0.5) is 0 Å². The zero-order valence-corrected chi connectivity index (χ0v) is 30.3. The van der Waals surface area contributed by atoms with Gasteiger partial charge in [-0.1, -0.05) is 187 Å². The second-order valence-corrected chi connectivity index (χ2v) is 20.9. The summed E-state index contributed by atoms with van der Waals surface area (Å²) < 4.78 is 21.7. The average Bonchev–Trinajstić information content (AvgIpc) is 3.07. The Morgan fingerprint density at radius 2 is 0.978 bits per heavy atom. The van der Waals surface area contributed by atoms with E-state index < -0.39 is 21.1 Å². The summed E-state index contributed by atoms with van der Waals surface area (Å²) >= 11 is 0. The number of carbonyl (C=O) groups is 1. The maximum Gasteiger partial charge on any atom is 0.261 e. The molecule has 0 saturated carbocycles. The van der Waals surface area contributed by atoms with Crippen LogP contribution >= 0.6 is 7.14 Å². The second-order valence-electron chi connectivity index (χ2n) is 13.6. The SMILES string of the molecule is CC(=O)C(CCCCCCCCCCO[Si](c1ccccc1)(c1ccccc1)C(C)(C)C)P(=O)(c1ccccc1)c1ccccc1. The molecule has 5 heteroatoms. The van der Waals surface area contributed by atoms with Crippen LogP contribution in [0.15, 0.2) is 121 Å². The van der Waals surface area contributed by atoms with Crippen molar-refractivity contribution in [2.24, 2.45) is 0 Å². The number of rotatable bonds is 18. The molecular weight excluding hydrogens is 600 g/mol. The highest BCUT2D eigenvalue weighted by atomic mass is 31.2. The van der Waals surface area contributed by atoms with Crippen LogP contribution in [0.25, 0.3) is 0 Å². The van der Waals surface area contributed by atoms with Crippen LogP contribution in [0.5, 0.6) is 0 Å². The third-order valence-corrected chi connectivity index (χ3v) is 18.0. The minimum absolute atomic E-state index is 0.00698. The quantitative estimate of drug-likeness (QED) is 0.0612. The highest BCUT2D eigenvalue weighted by molar-refractivity contribution is 7.80. The van der Waals surface area contributed by atoms with Gasteiger partial charge in [0.15, 0.2) is 7.14 Å². The number of unbranched alkanes of at least 4 members (excludes halogenated alkanes) is 7. The summed E-state index contributed by atoms with van der Waals surface area (Å²) in [6.07, 6.45) is 9.63. The lowest BCUT2D eigenvalue weighted by Crippen LogP contribution is -2.66. The van der Waals surface area contributed by atoms with E-state index >= 15 is 0 Å². The van der Waals surface area contributed by atoms with Gasteiger partial charge in [0.25, 0.3) is 8.32 Å². The number of hydrogen-bond acceptors (Lipinski definition) is 3. The first-order valence-electron chi connectivity index (χ1n) is 17.2. The third kappa shape index (κ3) is 8.65. The van der Waals surface area contributed by atoms with Crippen LogP contribution in [0.2, 0.25) is 5.04 Å². The standard InChI is InChI=1S/C41H53O3PSi/c1-35(42)40(45(43,36-25-15-11-16-26-36)37-27-17-12-18-28-37)33-23-9-7-5-6-8-10-24-34-44-46(41(2,3)4,38-29-19-13-20-30-38)39-31-21-14-22-32-39/h11-22,25-32,40H,5-10,23-24,33-34H2,1-4H3. The van der Waals surface area contributed by atoms with E-state index in [1.54, 1.807) is 6.92 Å². The van der Waals surface area contributed by atoms with Crippen molar-refractivity contribution >= 4 is 42.2 Å². The maximum absolute atomic E-state index is 14.7.